The monoisotopic (exact) mass is 466 g/mol. The number of amides is 2. The lowest BCUT2D eigenvalue weighted by Crippen LogP contribution is -2.28. The second-order valence-electron chi connectivity index (χ2n) is 8.53. The molecule has 0 heterocycles. The van der Waals surface area contributed by atoms with Gasteiger partial charge < -0.3 is 0 Å². The molecule has 0 bridgehead atoms. The summed E-state index contributed by atoms with van der Waals surface area (Å²) in [6, 6.07) is 36.4. The molecule has 6 rings (SSSR count). The van der Waals surface area contributed by atoms with E-state index in [2.05, 4.69) is 81.7 Å². The lowest BCUT2D eigenvalue weighted by atomic mass is 9.97. The van der Waals surface area contributed by atoms with E-state index in [-0.39, 0.29) is 0 Å². The standard InChI is InChI=1S/C31H22N4O/c36-31(34-32-19-29-25-13-5-1-9-21(25)17-22-10-2-6-14-26(22)29)35-33-20-30-27-15-7-3-11-23(27)18-24-12-4-8-16-28(24)30/h1-20H,(H2,34,35,36)/b32-19+,33-20+. The highest BCUT2D eigenvalue weighted by Gasteiger charge is 2.07. The Kier molecular flexibility index (Phi) is 5.56. The molecule has 5 heteroatoms. The van der Waals surface area contributed by atoms with Gasteiger partial charge in [0.2, 0.25) is 0 Å². The predicted octanol–water partition coefficient (Wildman–Crippen LogP) is 6.97. The third kappa shape index (κ3) is 4.03. The zero-order valence-corrected chi connectivity index (χ0v) is 19.3. The summed E-state index contributed by atoms with van der Waals surface area (Å²) in [5.41, 5.74) is 6.96. The van der Waals surface area contributed by atoms with Crippen LogP contribution in [0.5, 0.6) is 0 Å². The summed E-state index contributed by atoms with van der Waals surface area (Å²) in [5, 5.41) is 17.2. The van der Waals surface area contributed by atoms with Crippen molar-refractivity contribution in [1.29, 1.82) is 0 Å². The fraction of sp³-hybridized carbons (Fsp3) is 0. The van der Waals surface area contributed by atoms with Crippen LogP contribution in [-0.2, 0) is 0 Å². The van der Waals surface area contributed by atoms with E-state index in [4.69, 9.17) is 0 Å². The second kappa shape index (κ2) is 9.31. The largest absolute Gasteiger partial charge is 0.355 e. The first-order valence-corrected chi connectivity index (χ1v) is 11.7. The highest BCUT2D eigenvalue weighted by molar-refractivity contribution is 6.14. The lowest BCUT2D eigenvalue weighted by molar-refractivity contribution is 0.242. The number of hydrogen-bond acceptors (Lipinski definition) is 3. The molecule has 0 aliphatic rings. The molecular formula is C31H22N4O. The third-order valence-corrected chi connectivity index (χ3v) is 6.35. The van der Waals surface area contributed by atoms with E-state index < -0.39 is 6.03 Å². The first kappa shape index (κ1) is 21.5. The summed E-state index contributed by atoms with van der Waals surface area (Å²) in [6.07, 6.45) is 3.37. The molecule has 0 saturated heterocycles. The molecular weight excluding hydrogens is 444 g/mol. The summed E-state index contributed by atoms with van der Waals surface area (Å²) >= 11 is 0. The Hall–Kier alpha value is -5.03. The van der Waals surface area contributed by atoms with Crippen molar-refractivity contribution in [3.8, 4) is 0 Å². The summed E-state index contributed by atoms with van der Waals surface area (Å²) in [7, 11) is 0. The fourth-order valence-corrected chi connectivity index (χ4v) is 4.71. The number of fused-ring (bicyclic) bond motifs is 4. The van der Waals surface area contributed by atoms with Crippen molar-refractivity contribution in [3.63, 3.8) is 0 Å². The van der Waals surface area contributed by atoms with E-state index in [1.807, 2.05) is 48.5 Å². The van der Waals surface area contributed by atoms with E-state index in [0.29, 0.717) is 0 Å². The molecule has 0 fully saturated rings. The van der Waals surface area contributed by atoms with Gasteiger partial charge >= 0.3 is 6.03 Å². The van der Waals surface area contributed by atoms with Crippen molar-refractivity contribution >= 4 is 61.6 Å². The molecule has 0 spiro atoms. The molecule has 0 radical (unpaired) electrons. The van der Waals surface area contributed by atoms with Crippen LogP contribution in [0.1, 0.15) is 11.1 Å². The molecule has 5 nitrogen and oxygen atoms in total. The van der Waals surface area contributed by atoms with Crippen LogP contribution in [0, 0.1) is 0 Å². The molecule has 36 heavy (non-hydrogen) atoms. The second-order valence-corrected chi connectivity index (χ2v) is 8.53. The number of benzene rings is 6. The normalized spacial score (nSPS) is 11.8. The van der Waals surface area contributed by atoms with Gasteiger partial charge in [-0.15, -0.1) is 0 Å². The van der Waals surface area contributed by atoms with Gasteiger partial charge in [0.15, 0.2) is 0 Å². The van der Waals surface area contributed by atoms with Gasteiger partial charge in [0.1, 0.15) is 0 Å². The molecule has 172 valence electrons. The molecule has 0 aliphatic carbocycles. The predicted molar refractivity (Wildman–Crippen MR) is 150 cm³/mol. The van der Waals surface area contributed by atoms with Gasteiger partial charge in [-0.1, -0.05) is 97.1 Å². The van der Waals surface area contributed by atoms with Crippen LogP contribution >= 0.6 is 0 Å². The van der Waals surface area contributed by atoms with E-state index in [1.54, 1.807) is 12.4 Å². The summed E-state index contributed by atoms with van der Waals surface area (Å²) in [6.45, 7) is 0. The maximum Gasteiger partial charge on any atom is 0.355 e. The van der Waals surface area contributed by atoms with E-state index in [9.17, 15) is 4.79 Å². The Morgan fingerprint density at radius 1 is 0.500 bits per heavy atom. The number of carbonyl (C=O) groups excluding carboxylic acids is 1. The molecule has 0 atom stereocenters. The molecule has 6 aromatic rings. The zero-order valence-electron chi connectivity index (χ0n) is 19.3. The summed E-state index contributed by atoms with van der Waals surface area (Å²) in [4.78, 5) is 12.4. The highest BCUT2D eigenvalue weighted by Crippen LogP contribution is 2.28. The number of nitrogens with zero attached hydrogens (tertiary/aromatic N) is 2. The number of hydrogen-bond donors (Lipinski definition) is 2. The van der Waals surface area contributed by atoms with Crippen molar-refractivity contribution in [2.45, 2.75) is 0 Å². The number of nitrogens with one attached hydrogen (secondary N) is 2. The van der Waals surface area contributed by atoms with E-state index in [1.165, 1.54) is 0 Å². The molecule has 2 amide bonds. The molecule has 0 unspecified atom stereocenters. The van der Waals surface area contributed by atoms with Gasteiger partial charge in [-0.05, 0) is 55.2 Å². The summed E-state index contributed by atoms with van der Waals surface area (Å²) < 4.78 is 0. The van der Waals surface area contributed by atoms with Gasteiger partial charge in [0, 0.05) is 11.1 Å². The average molecular weight is 467 g/mol. The maximum absolute atomic E-state index is 12.4. The van der Waals surface area contributed by atoms with Gasteiger partial charge in [0.05, 0.1) is 12.4 Å². The van der Waals surface area contributed by atoms with Crippen LogP contribution in [0.25, 0.3) is 43.1 Å². The Bertz CT molecular complexity index is 1580. The van der Waals surface area contributed by atoms with E-state index >= 15 is 0 Å². The fourth-order valence-electron chi connectivity index (χ4n) is 4.71. The minimum Gasteiger partial charge on any atom is -0.245 e. The third-order valence-electron chi connectivity index (χ3n) is 6.35. The van der Waals surface area contributed by atoms with Crippen LogP contribution in [0.3, 0.4) is 0 Å². The molecule has 0 saturated carbocycles. The Morgan fingerprint density at radius 3 is 1.14 bits per heavy atom. The van der Waals surface area contributed by atoms with Gasteiger partial charge in [-0.2, -0.15) is 10.2 Å². The Balaban J connectivity index is 1.24. The Morgan fingerprint density at radius 2 is 0.806 bits per heavy atom. The van der Waals surface area contributed by atoms with Crippen LogP contribution in [-0.4, -0.2) is 18.5 Å². The maximum atomic E-state index is 12.4. The van der Waals surface area contributed by atoms with Gasteiger partial charge in [0.25, 0.3) is 0 Å². The van der Waals surface area contributed by atoms with Crippen LogP contribution < -0.4 is 10.9 Å². The zero-order chi connectivity index (χ0) is 24.3. The number of urea groups is 1. The number of hydrazone groups is 2. The van der Waals surface area contributed by atoms with Gasteiger partial charge in [-0.3, -0.25) is 0 Å². The SMILES string of the molecule is O=C(N/N=C/c1c2ccccc2cc2ccccc12)N/N=C/c1c2ccccc2cc2ccccc12. The summed E-state index contributed by atoms with van der Waals surface area (Å²) in [5.74, 6) is 0. The topological polar surface area (TPSA) is 65.8 Å². The van der Waals surface area contributed by atoms with Crippen molar-refractivity contribution in [2.75, 3.05) is 0 Å². The van der Waals surface area contributed by atoms with Crippen LogP contribution in [0.15, 0.2) is 119 Å². The smallest absolute Gasteiger partial charge is 0.245 e. The molecule has 2 N–H and O–H groups in total. The lowest BCUT2D eigenvalue weighted by Gasteiger charge is -2.08. The van der Waals surface area contributed by atoms with Gasteiger partial charge in [-0.25, -0.2) is 15.6 Å². The first-order chi connectivity index (χ1) is 17.8. The Labute approximate surface area is 207 Å². The molecule has 0 aliphatic heterocycles. The van der Waals surface area contributed by atoms with Crippen molar-refractivity contribution < 1.29 is 4.79 Å². The van der Waals surface area contributed by atoms with Crippen LogP contribution in [0.4, 0.5) is 4.79 Å². The minimum atomic E-state index is -0.517. The number of rotatable bonds is 4. The highest BCUT2D eigenvalue weighted by atomic mass is 16.2. The first-order valence-electron chi connectivity index (χ1n) is 11.7. The van der Waals surface area contributed by atoms with E-state index in [0.717, 1.165) is 54.2 Å². The van der Waals surface area contributed by atoms with Crippen LogP contribution in [0.2, 0.25) is 0 Å². The van der Waals surface area contributed by atoms with Crippen molar-refractivity contribution in [1.82, 2.24) is 10.9 Å². The van der Waals surface area contributed by atoms with Crippen molar-refractivity contribution in [2.24, 2.45) is 10.2 Å². The average Bonchev–Trinajstić information content (AvgIpc) is 2.92. The molecule has 0 aromatic heterocycles. The number of carbonyl (C=O) groups is 1. The van der Waals surface area contributed by atoms with Crippen molar-refractivity contribution in [3.05, 3.63) is 120 Å². The minimum absolute atomic E-state index is 0.517. The molecule has 6 aromatic carbocycles. The quantitative estimate of drug-likeness (QED) is 0.164.